The molecule has 0 N–H and O–H groups in total. The summed E-state index contributed by atoms with van der Waals surface area (Å²) in [6.45, 7) is 0. The van der Waals surface area contributed by atoms with Crippen molar-refractivity contribution in [3.8, 4) is 0 Å². The third-order valence-corrected chi connectivity index (χ3v) is 2.27. The maximum Gasteiger partial charge on any atom is 0.346 e. The number of hydrogen-bond donors (Lipinski definition) is 0. The number of hydrogen-bond acceptors (Lipinski definition) is 4. The number of carbonyl (C=O) groups excluding carboxylic acids is 2. The van der Waals surface area contributed by atoms with E-state index in [0.717, 1.165) is 0 Å². The molecule has 2 unspecified atom stereocenters. The highest BCUT2D eigenvalue weighted by molar-refractivity contribution is 6.09. The fourth-order valence-electron chi connectivity index (χ4n) is 1.75. The van der Waals surface area contributed by atoms with Gasteiger partial charge in [0.2, 0.25) is 0 Å². The standard InChI is InChI=1S/C8H4O4/c9-7-5-3-1-2-4(11-3)6(5)8(10)12-7/h1-3,5H. The van der Waals surface area contributed by atoms with E-state index in [9.17, 15) is 9.59 Å². The highest BCUT2D eigenvalue weighted by Gasteiger charge is 2.53. The van der Waals surface area contributed by atoms with E-state index in [2.05, 4.69) is 4.74 Å². The number of cyclic esters (lactones) is 2. The lowest BCUT2D eigenvalue weighted by Gasteiger charge is -2.05. The molecular weight excluding hydrogens is 160 g/mol. The zero-order chi connectivity index (χ0) is 8.29. The molecule has 0 aliphatic carbocycles. The van der Waals surface area contributed by atoms with Gasteiger partial charge in [-0.2, -0.15) is 0 Å². The second-order valence-corrected chi connectivity index (χ2v) is 2.91. The van der Waals surface area contributed by atoms with Gasteiger partial charge >= 0.3 is 11.9 Å². The van der Waals surface area contributed by atoms with Crippen molar-refractivity contribution in [1.82, 2.24) is 0 Å². The number of allylic oxidation sites excluding steroid dienone is 1. The van der Waals surface area contributed by atoms with Crippen molar-refractivity contribution in [3.05, 3.63) is 23.5 Å². The van der Waals surface area contributed by atoms with Gasteiger partial charge in [-0.3, -0.25) is 4.79 Å². The van der Waals surface area contributed by atoms with Gasteiger partial charge in [-0.15, -0.1) is 0 Å². The minimum absolute atomic E-state index is 0.297. The van der Waals surface area contributed by atoms with Gasteiger partial charge in [0.05, 0.1) is 5.57 Å². The van der Waals surface area contributed by atoms with Crippen LogP contribution in [-0.4, -0.2) is 18.0 Å². The molecule has 3 heterocycles. The van der Waals surface area contributed by atoms with Crippen LogP contribution in [0.15, 0.2) is 23.5 Å². The van der Waals surface area contributed by atoms with Crippen LogP contribution in [0.25, 0.3) is 0 Å². The summed E-state index contributed by atoms with van der Waals surface area (Å²) < 4.78 is 9.68. The molecule has 3 aliphatic rings. The van der Waals surface area contributed by atoms with Crippen LogP contribution in [-0.2, 0) is 19.1 Å². The minimum atomic E-state index is -0.549. The van der Waals surface area contributed by atoms with Crippen molar-refractivity contribution in [2.24, 2.45) is 5.92 Å². The van der Waals surface area contributed by atoms with Crippen LogP contribution < -0.4 is 0 Å². The molecule has 3 aliphatic heterocycles. The topological polar surface area (TPSA) is 52.6 Å². The highest BCUT2D eigenvalue weighted by Crippen LogP contribution is 2.42. The zero-order valence-electron chi connectivity index (χ0n) is 5.94. The molecule has 1 saturated heterocycles. The van der Waals surface area contributed by atoms with Crippen molar-refractivity contribution in [2.75, 3.05) is 0 Å². The molecule has 0 spiro atoms. The summed E-state index contributed by atoms with van der Waals surface area (Å²) >= 11 is 0. The van der Waals surface area contributed by atoms with Gasteiger partial charge in [0.15, 0.2) is 0 Å². The summed E-state index contributed by atoms with van der Waals surface area (Å²) in [5.74, 6) is -1.02. The summed E-state index contributed by atoms with van der Waals surface area (Å²) in [4.78, 5) is 22.1. The third-order valence-electron chi connectivity index (χ3n) is 2.27. The van der Waals surface area contributed by atoms with Crippen molar-refractivity contribution < 1.29 is 19.1 Å². The van der Waals surface area contributed by atoms with Gasteiger partial charge in [-0.1, -0.05) is 0 Å². The van der Waals surface area contributed by atoms with Gasteiger partial charge < -0.3 is 9.47 Å². The highest BCUT2D eigenvalue weighted by atomic mass is 16.6. The number of fused-ring (bicyclic) bond motifs is 4. The Kier molecular flexibility index (Phi) is 0.800. The van der Waals surface area contributed by atoms with E-state index in [1.165, 1.54) is 0 Å². The number of esters is 2. The molecule has 0 radical (unpaired) electrons. The molecule has 4 nitrogen and oxygen atoms in total. The predicted molar refractivity (Wildman–Crippen MR) is 35.6 cm³/mol. The van der Waals surface area contributed by atoms with Crippen molar-refractivity contribution in [1.29, 1.82) is 0 Å². The number of rotatable bonds is 0. The molecule has 4 heteroatoms. The van der Waals surface area contributed by atoms with Crippen molar-refractivity contribution >= 4 is 11.9 Å². The Hall–Kier alpha value is -1.58. The molecule has 0 saturated carbocycles. The van der Waals surface area contributed by atoms with Gasteiger partial charge in [-0.05, 0) is 12.2 Å². The van der Waals surface area contributed by atoms with Crippen molar-refractivity contribution in [3.63, 3.8) is 0 Å². The minimum Gasteiger partial charge on any atom is -0.484 e. The van der Waals surface area contributed by atoms with Gasteiger partial charge in [0, 0.05) is 0 Å². The van der Waals surface area contributed by atoms with E-state index in [1.807, 2.05) is 0 Å². The van der Waals surface area contributed by atoms with Crippen LogP contribution >= 0.6 is 0 Å². The Morgan fingerprint density at radius 2 is 2.17 bits per heavy atom. The third kappa shape index (κ3) is 0.470. The Morgan fingerprint density at radius 3 is 2.92 bits per heavy atom. The molecule has 0 aromatic heterocycles. The number of carbonyl (C=O) groups is 2. The molecule has 12 heavy (non-hydrogen) atoms. The first kappa shape index (κ1) is 5.99. The van der Waals surface area contributed by atoms with Gasteiger partial charge in [0.25, 0.3) is 0 Å². The smallest absolute Gasteiger partial charge is 0.346 e. The van der Waals surface area contributed by atoms with E-state index in [-0.39, 0.29) is 6.10 Å². The van der Waals surface area contributed by atoms with Crippen LogP contribution in [0, 0.1) is 5.92 Å². The number of ether oxygens (including phenoxy) is 2. The van der Waals surface area contributed by atoms with Crippen LogP contribution in [0.4, 0.5) is 0 Å². The maximum absolute atomic E-state index is 11.1. The molecule has 2 bridgehead atoms. The molecule has 3 rings (SSSR count). The summed E-state index contributed by atoms with van der Waals surface area (Å²) in [7, 11) is 0. The predicted octanol–water partition coefficient (Wildman–Crippen LogP) is -0.0913. The lowest BCUT2D eigenvalue weighted by Crippen LogP contribution is -2.20. The van der Waals surface area contributed by atoms with E-state index in [0.29, 0.717) is 11.3 Å². The first-order chi connectivity index (χ1) is 5.77. The van der Waals surface area contributed by atoms with Gasteiger partial charge in [0.1, 0.15) is 17.8 Å². The molecule has 0 aromatic carbocycles. The van der Waals surface area contributed by atoms with Crippen LogP contribution in [0.3, 0.4) is 0 Å². The molecular formula is C8H4O4. The van der Waals surface area contributed by atoms with Gasteiger partial charge in [-0.25, -0.2) is 4.79 Å². The van der Waals surface area contributed by atoms with Crippen molar-refractivity contribution in [2.45, 2.75) is 6.10 Å². The van der Waals surface area contributed by atoms with E-state index < -0.39 is 17.9 Å². The van der Waals surface area contributed by atoms with Crippen LogP contribution in [0.5, 0.6) is 0 Å². The summed E-state index contributed by atoms with van der Waals surface area (Å²) in [5.41, 5.74) is 0.396. The van der Waals surface area contributed by atoms with Crippen LogP contribution in [0.1, 0.15) is 0 Å². The SMILES string of the molecule is O=C1OC(=O)C2C1=C1C=CC2O1. The Morgan fingerprint density at radius 1 is 1.33 bits per heavy atom. The maximum atomic E-state index is 11.1. The molecule has 2 atom stereocenters. The Balaban J connectivity index is 2.23. The lowest BCUT2D eigenvalue weighted by molar-refractivity contribution is -0.153. The quantitative estimate of drug-likeness (QED) is 0.371. The fourth-order valence-corrected chi connectivity index (χ4v) is 1.75. The van der Waals surface area contributed by atoms with E-state index in [1.54, 1.807) is 12.2 Å². The summed E-state index contributed by atoms with van der Waals surface area (Å²) in [5, 5.41) is 0. The second-order valence-electron chi connectivity index (χ2n) is 2.91. The Bertz CT molecular complexity index is 363. The summed E-state index contributed by atoms with van der Waals surface area (Å²) in [6, 6.07) is 0. The van der Waals surface area contributed by atoms with Crippen LogP contribution in [0.2, 0.25) is 0 Å². The summed E-state index contributed by atoms with van der Waals surface area (Å²) in [6.07, 6.45) is 3.17. The first-order valence-corrected chi connectivity index (χ1v) is 3.62. The fraction of sp³-hybridized carbons (Fsp3) is 0.250. The molecule has 1 fully saturated rings. The first-order valence-electron chi connectivity index (χ1n) is 3.62. The second kappa shape index (κ2) is 1.60. The zero-order valence-corrected chi connectivity index (χ0v) is 5.94. The average Bonchev–Trinajstić information content (AvgIpc) is 2.64. The molecule has 60 valence electrons. The average molecular weight is 164 g/mol. The Labute approximate surface area is 67.4 Å². The molecule has 0 aromatic rings. The largest absolute Gasteiger partial charge is 0.484 e. The molecule has 0 amide bonds. The van der Waals surface area contributed by atoms with E-state index >= 15 is 0 Å². The lowest BCUT2D eigenvalue weighted by atomic mass is 9.94. The van der Waals surface area contributed by atoms with E-state index in [4.69, 9.17) is 4.74 Å². The normalized spacial score (nSPS) is 35.7. The monoisotopic (exact) mass is 164 g/mol.